The Morgan fingerprint density at radius 2 is 2.11 bits per heavy atom. The summed E-state index contributed by atoms with van der Waals surface area (Å²) in [6.07, 6.45) is 2.13. The third kappa shape index (κ3) is 5.22. The lowest BCUT2D eigenvalue weighted by Gasteiger charge is -2.21. The fraction of sp³-hybridized carbons (Fsp3) is 1.00. The molecule has 0 amide bonds. The van der Waals surface area contributed by atoms with Gasteiger partial charge in [-0.2, -0.15) is 0 Å². The lowest BCUT2D eigenvalue weighted by molar-refractivity contribution is 0.356. The normalized spacial score (nSPS) is 21.9. The standard InChI is InChI=1S/C12H27N3O2S/c1-4-6-13-7-9-18(16,17)15(3)11-12-5-8-14(2)10-12/h12-13H,4-11H2,1-3H3. The zero-order valence-corrected chi connectivity index (χ0v) is 12.7. The Balaban J connectivity index is 2.32. The van der Waals surface area contributed by atoms with Crippen LogP contribution in [0.5, 0.6) is 0 Å². The van der Waals surface area contributed by atoms with E-state index in [1.54, 1.807) is 7.05 Å². The average molecular weight is 277 g/mol. The van der Waals surface area contributed by atoms with Gasteiger partial charge in [-0.25, -0.2) is 12.7 Å². The van der Waals surface area contributed by atoms with Crippen molar-refractivity contribution >= 4 is 10.0 Å². The third-order valence-electron chi connectivity index (χ3n) is 3.44. The molecule has 0 aliphatic carbocycles. The molecule has 1 atom stereocenters. The Hall–Kier alpha value is -0.170. The molecular formula is C12H27N3O2S. The van der Waals surface area contributed by atoms with Crippen LogP contribution in [0.3, 0.4) is 0 Å². The Labute approximate surface area is 112 Å². The number of likely N-dealkylation sites (tertiary alicyclic amines) is 1. The van der Waals surface area contributed by atoms with Gasteiger partial charge >= 0.3 is 0 Å². The van der Waals surface area contributed by atoms with Crippen LogP contribution in [0.4, 0.5) is 0 Å². The summed E-state index contributed by atoms with van der Waals surface area (Å²) in [4.78, 5) is 2.26. The highest BCUT2D eigenvalue weighted by molar-refractivity contribution is 7.89. The minimum absolute atomic E-state index is 0.200. The molecule has 1 aliphatic rings. The Bertz CT molecular complexity index is 332. The quantitative estimate of drug-likeness (QED) is 0.644. The van der Waals surface area contributed by atoms with Gasteiger partial charge in [-0.3, -0.25) is 0 Å². The molecule has 6 heteroatoms. The Kier molecular flexibility index (Phi) is 6.55. The minimum atomic E-state index is -3.09. The molecule has 1 rings (SSSR count). The molecule has 5 nitrogen and oxygen atoms in total. The van der Waals surface area contributed by atoms with Gasteiger partial charge in [0, 0.05) is 26.7 Å². The van der Waals surface area contributed by atoms with E-state index in [0.717, 1.165) is 32.5 Å². The van der Waals surface area contributed by atoms with Crippen molar-refractivity contribution in [3.63, 3.8) is 0 Å². The van der Waals surface area contributed by atoms with Gasteiger partial charge in [0.25, 0.3) is 0 Å². The fourth-order valence-electron chi connectivity index (χ4n) is 2.31. The average Bonchev–Trinajstić information content (AvgIpc) is 2.70. The highest BCUT2D eigenvalue weighted by Crippen LogP contribution is 2.16. The first-order chi connectivity index (χ1) is 8.45. The second-order valence-corrected chi connectivity index (χ2v) is 7.46. The molecule has 0 aromatic carbocycles. The molecule has 0 aromatic heterocycles. The maximum atomic E-state index is 12.0. The molecule has 1 unspecified atom stereocenters. The van der Waals surface area contributed by atoms with Crippen molar-refractivity contribution in [2.45, 2.75) is 19.8 Å². The predicted octanol–water partition coefficient (Wildman–Crippen LogP) is 0.199. The molecule has 0 spiro atoms. The van der Waals surface area contributed by atoms with Crippen molar-refractivity contribution < 1.29 is 8.42 Å². The van der Waals surface area contributed by atoms with E-state index in [2.05, 4.69) is 24.2 Å². The van der Waals surface area contributed by atoms with Crippen LogP contribution in [0.25, 0.3) is 0 Å². The summed E-state index contributed by atoms with van der Waals surface area (Å²) in [6.45, 7) is 6.24. The lowest BCUT2D eigenvalue weighted by atomic mass is 10.1. The van der Waals surface area contributed by atoms with E-state index in [4.69, 9.17) is 0 Å². The number of rotatable bonds is 8. The van der Waals surface area contributed by atoms with E-state index in [-0.39, 0.29) is 5.75 Å². The summed E-state index contributed by atoms with van der Waals surface area (Å²) in [5.41, 5.74) is 0. The molecular weight excluding hydrogens is 250 g/mol. The van der Waals surface area contributed by atoms with Crippen LogP contribution in [0.15, 0.2) is 0 Å². The van der Waals surface area contributed by atoms with E-state index in [1.807, 2.05) is 0 Å². The van der Waals surface area contributed by atoms with Crippen LogP contribution in [0.2, 0.25) is 0 Å². The van der Waals surface area contributed by atoms with Crippen LogP contribution >= 0.6 is 0 Å². The van der Waals surface area contributed by atoms with E-state index in [9.17, 15) is 8.42 Å². The Morgan fingerprint density at radius 3 is 2.67 bits per heavy atom. The maximum absolute atomic E-state index is 12.0. The molecule has 0 bridgehead atoms. The number of nitrogens with one attached hydrogen (secondary N) is 1. The second kappa shape index (κ2) is 7.43. The van der Waals surface area contributed by atoms with Crippen molar-refractivity contribution in [3.05, 3.63) is 0 Å². The summed E-state index contributed by atoms with van der Waals surface area (Å²) in [5, 5.41) is 3.13. The van der Waals surface area contributed by atoms with E-state index >= 15 is 0 Å². The molecule has 0 radical (unpaired) electrons. The van der Waals surface area contributed by atoms with Crippen LogP contribution < -0.4 is 5.32 Å². The summed E-state index contributed by atoms with van der Waals surface area (Å²) < 4.78 is 25.6. The largest absolute Gasteiger partial charge is 0.316 e. The van der Waals surface area contributed by atoms with Crippen LogP contribution in [-0.4, -0.2) is 70.2 Å². The first-order valence-corrected chi connectivity index (χ1v) is 8.40. The molecule has 0 saturated carbocycles. The molecule has 1 heterocycles. The van der Waals surface area contributed by atoms with Crippen LogP contribution in [-0.2, 0) is 10.0 Å². The minimum Gasteiger partial charge on any atom is -0.316 e. The zero-order chi connectivity index (χ0) is 13.6. The molecule has 1 fully saturated rings. The number of sulfonamides is 1. The monoisotopic (exact) mass is 277 g/mol. The topological polar surface area (TPSA) is 52.7 Å². The van der Waals surface area contributed by atoms with Gasteiger partial charge in [-0.15, -0.1) is 0 Å². The van der Waals surface area contributed by atoms with E-state index in [1.165, 1.54) is 4.31 Å². The Morgan fingerprint density at radius 1 is 1.39 bits per heavy atom. The number of hydrogen-bond acceptors (Lipinski definition) is 4. The second-order valence-electron chi connectivity index (χ2n) is 5.26. The first-order valence-electron chi connectivity index (χ1n) is 6.79. The molecule has 1 aliphatic heterocycles. The van der Waals surface area contributed by atoms with Gasteiger partial charge in [0.15, 0.2) is 0 Å². The smallest absolute Gasteiger partial charge is 0.215 e. The molecule has 1 saturated heterocycles. The van der Waals surface area contributed by atoms with Crippen molar-refractivity contribution in [2.24, 2.45) is 5.92 Å². The predicted molar refractivity (Wildman–Crippen MR) is 75.2 cm³/mol. The van der Waals surface area contributed by atoms with Gasteiger partial charge in [0.05, 0.1) is 5.75 Å². The summed E-state index contributed by atoms with van der Waals surface area (Å²) in [5.74, 6) is 0.685. The molecule has 0 aromatic rings. The van der Waals surface area contributed by atoms with E-state index in [0.29, 0.717) is 19.0 Å². The fourth-order valence-corrected chi connectivity index (χ4v) is 3.46. The maximum Gasteiger partial charge on any atom is 0.215 e. The van der Waals surface area contributed by atoms with Crippen LogP contribution in [0.1, 0.15) is 19.8 Å². The number of hydrogen-bond donors (Lipinski definition) is 1. The number of nitrogens with zero attached hydrogens (tertiary/aromatic N) is 2. The third-order valence-corrected chi connectivity index (χ3v) is 5.26. The van der Waals surface area contributed by atoms with E-state index < -0.39 is 10.0 Å². The van der Waals surface area contributed by atoms with Crippen LogP contribution in [0, 0.1) is 5.92 Å². The highest BCUT2D eigenvalue weighted by atomic mass is 32.2. The van der Waals surface area contributed by atoms with Gasteiger partial charge in [-0.05, 0) is 38.9 Å². The highest BCUT2D eigenvalue weighted by Gasteiger charge is 2.25. The summed E-state index contributed by atoms with van der Waals surface area (Å²) >= 11 is 0. The molecule has 18 heavy (non-hydrogen) atoms. The molecule has 108 valence electrons. The van der Waals surface area contributed by atoms with Crippen molar-refractivity contribution in [1.82, 2.24) is 14.5 Å². The molecule has 1 N–H and O–H groups in total. The summed E-state index contributed by atoms with van der Waals surface area (Å²) in [7, 11) is 0.695. The van der Waals surface area contributed by atoms with Crippen molar-refractivity contribution in [3.8, 4) is 0 Å². The van der Waals surface area contributed by atoms with Crippen molar-refractivity contribution in [1.29, 1.82) is 0 Å². The SMILES string of the molecule is CCCNCCS(=O)(=O)N(C)CC1CCN(C)C1. The summed E-state index contributed by atoms with van der Waals surface area (Å²) in [6, 6.07) is 0. The van der Waals surface area contributed by atoms with Gasteiger partial charge in [0.2, 0.25) is 10.0 Å². The zero-order valence-electron chi connectivity index (χ0n) is 11.9. The van der Waals surface area contributed by atoms with Gasteiger partial charge in [0.1, 0.15) is 0 Å². The van der Waals surface area contributed by atoms with Crippen molar-refractivity contribution in [2.75, 3.05) is 52.6 Å². The van der Waals surface area contributed by atoms with Gasteiger partial charge < -0.3 is 10.2 Å². The van der Waals surface area contributed by atoms with Gasteiger partial charge in [-0.1, -0.05) is 6.92 Å². The lowest BCUT2D eigenvalue weighted by Crippen LogP contribution is -2.37. The first kappa shape index (κ1) is 15.9.